The molecule has 2 aliphatic heterocycles. The molecule has 33 heavy (non-hydrogen) atoms. The largest absolute Gasteiger partial charge is 0.416 e. The van der Waals surface area contributed by atoms with Crippen LogP contribution in [-0.2, 0) is 20.5 Å². The fourth-order valence-corrected chi connectivity index (χ4v) is 4.84. The molecule has 180 valence electrons. The highest BCUT2D eigenvalue weighted by Gasteiger charge is 2.49. The Morgan fingerprint density at radius 3 is 2.33 bits per heavy atom. The maximum atomic E-state index is 13.0. The van der Waals surface area contributed by atoms with E-state index in [1.54, 1.807) is 0 Å². The molecule has 3 fully saturated rings. The van der Waals surface area contributed by atoms with Crippen LogP contribution in [0.2, 0.25) is 0 Å². The van der Waals surface area contributed by atoms with E-state index in [0.29, 0.717) is 57.6 Å². The van der Waals surface area contributed by atoms with Gasteiger partial charge in [-0.2, -0.15) is 13.2 Å². The number of hydrogen-bond donors (Lipinski definition) is 3. The number of morpholine rings is 1. The van der Waals surface area contributed by atoms with E-state index in [4.69, 9.17) is 4.74 Å². The number of hydrogen-bond acceptors (Lipinski definition) is 5. The molecule has 1 aromatic carbocycles. The van der Waals surface area contributed by atoms with Crippen molar-refractivity contribution >= 4 is 17.8 Å². The predicted octanol–water partition coefficient (Wildman–Crippen LogP) is 1.96. The fourth-order valence-electron chi connectivity index (χ4n) is 4.84. The van der Waals surface area contributed by atoms with E-state index < -0.39 is 23.3 Å². The molecule has 1 spiro atoms. The van der Waals surface area contributed by atoms with E-state index >= 15 is 0 Å². The second kappa shape index (κ2) is 9.30. The summed E-state index contributed by atoms with van der Waals surface area (Å²) in [6, 6.07) is 4.25. The average Bonchev–Trinajstić information content (AvgIpc) is 3.07. The molecule has 1 aliphatic carbocycles. The molecule has 8 nitrogen and oxygen atoms in total. The van der Waals surface area contributed by atoms with E-state index in [2.05, 4.69) is 20.9 Å². The lowest BCUT2D eigenvalue weighted by atomic mass is 9.76. The molecule has 0 aromatic heterocycles. The number of imide groups is 1. The molecule has 2 heterocycles. The average molecular weight is 468 g/mol. The summed E-state index contributed by atoms with van der Waals surface area (Å²) in [6.45, 7) is 2.51. The first-order valence-corrected chi connectivity index (χ1v) is 11.1. The van der Waals surface area contributed by atoms with Crippen LogP contribution in [-0.4, -0.2) is 61.1 Å². The number of carbonyl (C=O) groups excluding carboxylic acids is 3. The smallest absolute Gasteiger partial charge is 0.379 e. The minimum atomic E-state index is -4.41. The Morgan fingerprint density at radius 2 is 1.79 bits per heavy atom. The Kier molecular flexibility index (Phi) is 6.62. The van der Waals surface area contributed by atoms with E-state index in [1.807, 2.05) is 0 Å². The molecule has 3 aliphatic rings. The first-order valence-electron chi connectivity index (χ1n) is 11.1. The van der Waals surface area contributed by atoms with E-state index in [9.17, 15) is 27.6 Å². The van der Waals surface area contributed by atoms with Crippen LogP contribution in [0.4, 0.5) is 18.0 Å². The van der Waals surface area contributed by atoms with Crippen molar-refractivity contribution in [3.63, 3.8) is 0 Å². The summed E-state index contributed by atoms with van der Waals surface area (Å²) in [6.07, 6.45) is -2.72. The second-order valence-corrected chi connectivity index (χ2v) is 8.79. The maximum absolute atomic E-state index is 13.0. The van der Waals surface area contributed by atoms with Gasteiger partial charge in [-0.05, 0) is 43.4 Å². The number of alkyl halides is 3. The van der Waals surface area contributed by atoms with Gasteiger partial charge in [0.05, 0.1) is 24.8 Å². The molecule has 2 saturated heterocycles. The SMILES string of the molecule is O=C1NC(=O)C2(CCC(C(=O)NCC(c3ccc(C(F)(F)F)cc3)N3CCOCC3)CC2)N1. The van der Waals surface area contributed by atoms with Crippen LogP contribution in [0, 0.1) is 5.92 Å². The number of nitrogens with one attached hydrogen (secondary N) is 3. The summed E-state index contributed by atoms with van der Waals surface area (Å²) in [5.74, 6) is -0.792. The molecule has 1 unspecified atom stereocenters. The zero-order valence-corrected chi connectivity index (χ0v) is 18.0. The van der Waals surface area contributed by atoms with Crippen LogP contribution in [0.25, 0.3) is 0 Å². The quantitative estimate of drug-likeness (QED) is 0.574. The normalized spacial score (nSPS) is 27.2. The highest BCUT2D eigenvalue weighted by molar-refractivity contribution is 6.07. The van der Waals surface area contributed by atoms with Crippen molar-refractivity contribution < 1.29 is 32.3 Å². The van der Waals surface area contributed by atoms with Crippen molar-refractivity contribution in [3.8, 4) is 0 Å². The molecular weight excluding hydrogens is 441 g/mol. The highest BCUT2D eigenvalue weighted by Crippen LogP contribution is 2.35. The number of halogens is 3. The van der Waals surface area contributed by atoms with Crippen LogP contribution in [0.1, 0.15) is 42.9 Å². The topological polar surface area (TPSA) is 99.8 Å². The Balaban J connectivity index is 1.39. The summed E-state index contributed by atoms with van der Waals surface area (Å²) in [5, 5.41) is 7.89. The Bertz CT molecular complexity index is 892. The number of amides is 4. The van der Waals surface area contributed by atoms with Gasteiger partial charge in [-0.25, -0.2) is 4.79 Å². The number of urea groups is 1. The Morgan fingerprint density at radius 1 is 1.15 bits per heavy atom. The van der Waals surface area contributed by atoms with Crippen molar-refractivity contribution in [2.24, 2.45) is 5.92 Å². The van der Waals surface area contributed by atoms with Crippen LogP contribution < -0.4 is 16.0 Å². The van der Waals surface area contributed by atoms with Gasteiger partial charge in [0, 0.05) is 25.6 Å². The van der Waals surface area contributed by atoms with Gasteiger partial charge in [0.15, 0.2) is 0 Å². The fraction of sp³-hybridized carbons (Fsp3) is 0.591. The number of ether oxygens (including phenoxy) is 1. The van der Waals surface area contributed by atoms with Crippen LogP contribution in [0.5, 0.6) is 0 Å². The maximum Gasteiger partial charge on any atom is 0.416 e. The lowest BCUT2D eigenvalue weighted by molar-refractivity contribution is -0.137. The molecule has 1 aromatic rings. The van der Waals surface area contributed by atoms with E-state index in [1.165, 1.54) is 12.1 Å². The van der Waals surface area contributed by atoms with Gasteiger partial charge in [0.1, 0.15) is 5.54 Å². The number of nitrogens with zero attached hydrogens (tertiary/aromatic N) is 1. The van der Waals surface area contributed by atoms with Gasteiger partial charge in [0.2, 0.25) is 5.91 Å². The molecule has 4 rings (SSSR count). The summed E-state index contributed by atoms with van der Waals surface area (Å²) in [4.78, 5) is 38.5. The van der Waals surface area contributed by atoms with Crippen molar-refractivity contribution in [2.45, 2.75) is 43.4 Å². The Hall–Kier alpha value is -2.66. The van der Waals surface area contributed by atoms with Crippen molar-refractivity contribution in [2.75, 3.05) is 32.8 Å². The minimum absolute atomic E-state index is 0.153. The molecule has 4 amide bonds. The third-order valence-corrected chi connectivity index (χ3v) is 6.80. The van der Waals surface area contributed by atoms with Crippen LogP contribution in [0.15, 0.2) is 24.3 Å². The molecule has 1 saturated carbocycles. The monoisotopic (exact) mass is 468 g/mol. The molecule has 0 bridgehead atoms. The molecule has 1 atom stereocenters. The lowest BCUT2D eigenvalue weighted by Gasteiger charge is -2.36. The summed E-state index contributed by atoms with van der Waals surface area (Å²) in [7, 11) is 0. The van der Waals surface area contributed by atoms with Crippen LogP contribution >= 0.6 is 0 Å². The van der Waals surface area contributed by atoms with Gasteiger partial charge in [0.25, 0.3) is 5.91 Å². The molecule has 0 radical (unpaired) electrons. The van der Waals surface area contributed by atoms with Gasteiger partial charge in [-0.3, -0.25) is 19.8 Å². The van der Waals surface area contributed by atoms with Crippen LogP contribution in [0.3, 0.4) is 0 Å². The molecule has 3 N–H and O–H groups in total. The summed E-state index contributed by atoms with van der Waals surface area (Å²) in [5.41, 5.74) is -0.946. The van der Waals surface area contributed by atoms with Gasteiger partial charge in [-0.1, -0.05) is 12.1 Å². The number of rotatable bonds is 5. The summed E-state index contributed by atoms with van der Waals surface area (Å²) >= 11 is 0. The zero-order chi connectivity index (χ0) is 23.6. The van der Waals surface area contributed by atoms with Crippen molar-refractivity contribution in [3.05, 3.63) is 35.4 Å². The minimum Gasteiger partial charge on any atom is -0.379 e. The van der Waals surface area contributed by atoms with Crippen molar-refractivity contribution in [1.29, 1.82) is 0 Å². The van der Waals surface area contributed by atoms with E-state index in [-0.39, 0.29) is 30.3 Å². The number of carbonyl (C=O) groups is 3. The van der Waals surface area contributed by atoms with E-state index in [0.717, 1.165) is 12.1 Å². The second-order valence-electron chi connectivity index (χ2n) is 8.79. The first-order chi connectivity index (χ1) is 15.7. The lowest BCUT2D eigenvalue weighted by Crippen LogP contribution is -2.51. The highest BCUT2D eigenvalue weighted by atomic mass is 19.4. The first kappa shape index (κ1) is 23.5. The standard InChI is InChI=1S/C22H27F3N4O4/c23-22(24,25)16-3-1-14(2-4-16)17(29-9-11-33-12-10-29)13-26-18(30)15-5-7-21(8-6-15)19(31)27-20(32)28-21/h1-4,15,17H,5-13H2,(H,26,30)(H2,27,28,31,32). The molecule has 11 heteroatoms. The predicted molar refractivity (Wildman–Crippen MR) is 111 cm³/mol. The van der Waals surface area contributed by atoms with Gasteiger partial charge < -0.3 is 15.4 Å². The number of benzene rings is 1. The zero-order valence-electron chi connectivity index (χ0n) is 18.0. The summed E-state index contributed by atoms with van der Waals surface area (Å²) < 4.78 is 44.3. The van der Waals surface area contributed by atoms with Gasteiger partial charge in [-0.15, -0.1) is 0 Å². The van der Waals surface area contributed by atoms with Crippen molar-refractivity contribution in [1.82, 2.24) is 20.9 Å². The van der Waals surface area contributed by atoms with Gasteiger partial charge >= 0.3 is 12.2 Å². The third kappa shape index (κ3) is 5.14. The third-order valence-electron chi connectivity index (χ3n) is 6.80. The Labute approximate surface area is 189 Å². The molecular formula is C22H27F3N4O4.